The van der Waals surface area contributed by atoms with E-state index < -0.39 is 0 Å². The van der Waals surface area contributed by atoms with Crippen molar-refractivity contribution in [1.29, 1.82) is 0 Å². The molecule has 1 amide bonds. The van der Waals surface area contributed by atoms with Crippen LogP contribution in [0.2, 0.25) is 0 Å². The van der Waals surface area contributed by atoms with Crippen molar-refractivity contribution in [2.45, 2.75) is 19.3 Å². The van der Waals surface area contributed by atoms with Gasteiger partial charge in [0.25, 0.3) is 5.91 Å². The zero-order chi connectivity index (χ0) is 13.0. The number of carbonyl (C=O) groups is 1. The second kappa shape index (κ2) is 6.66. The van der Waals surface area contributed by atoms with Crippen LogP contribution in [0.5, 0.6) is 0 Å². The molecule has 0 bridgehead atoms. The Labute approximate surface area is 124 Å². The first-order chi connectivity index (χ1) is 8.70. The number of pyridine rings is 1. The summed E-state index contributed by atoms with van der Waals surface area (Å²) in [5.41, 5.74) is 0.609. The summed E-state index contributed by atoms with van der Waals surface area (Å²) < 4.78 is 0.828. The van der Waals surface area contributed by atoms with Crippen molar-refractivity contribution >= 4 is 37.8 Å². The highest BCUT2D eigenvalue weighted by Crippen LogP contribution is 2.32. The highest BCUT2D eigenvalue weighted by atomic mass is 79.9. The molecule has 2 unspecified atom stereocenters. The van der Waals surface area contributed by atoms with Crippen LogP contribution in [-0.4, -0.2) is 22.8 Å². The molecule has 1 aromatic heterocycles. The van der Waals surface area contributed by atoms with Crippen molar-refractivity contribution in [3.8, 4) is 0 Å². The maximum Gasteiger partial charge on any atom is 0.252 e. The molecule has 98 valence electrons. The minimum Gasteiger partial charge on any atom is -0.352 e. The molecule has 1 aromatic rings. The van der Waals surface area contributed by atoms with E-state index in [1.165, 1.54) is 19.3 Å². The van der Waals surface area contributed by atoms with Crippen molar-refractivity contribution in [3.63, 3.8) is 0 Å². The van der Waals surface area contributed by atoms with Gasteiger partial charge in [-0.2, -0.15) is 0 Å². The zero-order valence-electron chi connectivity index (χ0n) is 10.0. The quantitative estimate of drug-likeness (QED) is 0.819. The standard InChI is InChI=1S/C13H16Br2N2O/c14-5-9-2-1-3-10(9)7-17-13(18)11-4-12(15)8-16-6-11/h4,6,8-10H,1-3,5,7H2,(H,17,18). The Morgan fingerprint density at radius 3 is 2.89 bits per heavy atom. The van der Waals surface area contributed by atoms with Crippen LogP contribution in [0.1, 0.15) is 29.6 Å². The lowest BCUT2D eigenvalue weighted by Gasteiger charge is -2.17. The van der Waals surface area contributed by atoms with E-state index in [4.69, 9.17) is 0 Å². The van der Waals surface area contributed by atoms with E-state index in [9.17, 15) is 4.79 Å². The number of hydrogen-bond acceptors (Lipinski definition) is 2. The van der Waals surface area contributed by atoms with Crippen molar-refractivity contribution in [3.05, 3.63) is 28.5 Å². The molecule has 3 nitrogen and oxygen atoms in total. The lowest BCUT2D eigenvalue weighted by Crippen LogP contribution is -2.31. The molecule has 1 fully saturated rings. The first-order valence-electron chi connectivity index (χ1n) is 6.15. The Kier molecular flexibility index (Phi) is 5.18. The summed E-state index contributed by atoms with van der Waals surface area (Å²) in [6, 6.07) is 1.79. The predicted molar refractivity (Wildman–Crippen MR) is 78.9 cm³/mol. The van der Waals surface area contributed by atoms with Crippen LogP contribution >= 0.6 is 31.9 Å². The second-order valence-electron chi connectivity index (χ2n) is 4.71. The molecule has 18 heavy (non-hydrogen) atoms. The Hall–Kier alpha value is -0.420. The second-order valence-corrected chi connectivity index (χ2v) is 6.27. The molecule has 2 atom stereocenters. The molecule has 0 aliphatic heterocycles. The van der Waals surface area contributed by atoms with E-state index in [-0.39, 0.29) is 5.91 Å². The Morgan fingerprint density at radius 1 is 1.39 bits per heavy atom. The number of nitrogens with one attached hydrogen (secondary N) is 1. The number of aromatic nitrogens is 1. The van der Waals surface area contributed by atoms with Gasteiger partial charge in [0.05, 0.1) is 5.56 Å². The van der Waals surface area contributed by atoms with Crippen molar-refractivity contribution in [2.75, 3.05) is 11.9 Å². The average Bonchev–Trinajstić information content (AvgIpc) is 2.83. The molecule has 1 heterocycles. The third-order valence-electron chi connectivity index (χ3n) is 3.51. The lowest BCUT2D eigenvalue weighted by molar-refractivity contribution is 0.0944. The van der Waals surface area contributed by atoms with Crippen LogP contribution in [0, 0.1) is 11.8 Å². The van der Waals surface area contributed by atoms with Crippen LogP contribution < -0.4 is 5.32 Å². The van der Waals surface area contributed by atoms with Crippen molar-refractivity contribution in [2.24, 2.45) is 11.8 Å². The molecule has 2 rings (SSSR count). The van der Waals surface area contributed by atoms with Gasteiger partial charge in [0, 0.05) is 28.7 Å². The molecule has 0 saturated heterocycles. The van der Waals surface area contributed by atoms with Gasteiger partial charge in [-0.15, -0.1) is 0 Å². The number of amides is 1. The molecular weight excluding hydrogens is 360 g/mol. The normalized spacial score (nSPS) is 23.0. The monoisotopic (exact) mass is 374 g/mol. The highest BCUT2D eigenvalue weighted by Gasteiger charge is 2.26. The fraction of sp³-hybridized carbons (Fsp3) is 0.538. The Morgan fingerprint density at radius 2 is 2.17 bits per heavy atom. The number of hydrogen-bond donors (Lipinski definition) is 1. The van der Waals surface area contributed by atoms with Gasteiger partial charge < -0.3 is 5.32 Å². The van der Waals surface area contributed by atoms with Gasteiger partial charge in [0.2, 0.25) is 0 Å². The summed E-state index contributed by atoms with van der Waals surface area (Å²) in [7, 11) is 0. The van der Waals surface area contributed by atoms with Gasteiger partial charge in [0.1, 0.15) is 0 Å². The number of carbonyl (C=O) groups excluding carboxylic acids is 1. The molecule has 1 saturated carbocycles. The van der Waals surface area contributed by atoms with E-state index in [1.54, 1.807) is 18.5 Å². The fourth-order valence-corrected chi connectivity index (χ4v) is 3.66. The number of rotatable bonds is 4. The van der Waals surface area contributed by atoms with E-state index in [1.807, 2.05) is 0 Å². The molecule has 5 heteroatoms. The van der Waals surface area contributed by atoms with Gasteiger partial charge in [-0.1, -0.05) is 22.4 Å². The van der Waals surface area contributed by atoms with Gasteiger partial charge >= 0.3 is 0 Å². The summed E-state index contributed by atoms with van der Waals surface area (Å²) in [4.78, 5) is 16.0. The molecule has 0 radical (unpaired) electrons. The molecule has 1 aliphatic carbocycles. The molecule has 1 aliphatic rings. The lowest BCUT2D eigenvalue weighted by atomic mass is 9.98. The van der Waals surface area contributed by atoms with E-state index in [0.29, 0.717) is 17.4 Å². The van der Waals surface area contributed by atoms with Crippen LogP contribution in [0.25, 0.3) is 0 Å². The summed E-state index contributed by atoms with van der Waals surface area (Å²) in [6.07, 6.45) is 7.03. The fourth-order valence-electron chi connectivity index (χ4n) is 2.45. The van der Waals surface area contributed by atoms with Crippen molar-refractivity contribution in [1.82, 2.24) is 10.3 Å². The minimum atomic E-state index is -0.0379. The summed E-state index contributed by atoms with van der Waals surface area (Å²) in [5.74, 6) is 1.27. The first kappa shape index (κ1) is 14.0. The zero-order valence-corrected chi connectivity index (χ0v) is 13.2. The van der Waals surface area contributed by atoms with Gasteiger partial charge in [0.15, 0.2) is 0 Å². The van der Waals surface area contributed by atoms with Crippen LogP contribution in [0.4, 0.5) is 0 Å². The van der Waals surface area contributed by atoms with E-state index in [0.717, 1.165) is 16.3 Å². The Bertz CT molecular complexity index is 425. The highest BCUT2D eigenvalue weighted by molar-refractivity contribution is 9.10. The largest absolute Gasteiger partial charge is 0.352 e. The first-order valence-corrected chi connectivity index (χ1v) is 8.07. The molecule has 0 aromatic carbocycles. The van der Waals surface area contributed by atoms with Crippen molar-refractivity contribution < 1.29 is 4.79 Å². The van der Waals surface area contributed by atoms with Gasteiger partial charge in [-0.3, -0.25) is 9.78 Å². The maximum absolute atomic E-state index is 12.0. The topological polar surface area (TPSA) is 42.0 Å². The number of halogens is 2. The smallest absolute Gasteiger partial charge is 0.252 e. The summed E-state index contributed by atoms with van der Waals surface area (Å²) in [5, 5.41) is 4.05. The van der Waals surface area contributed by atoms with Crippen LogP contribution in [0.15, 0.2) is 22.9 Å². The predicted octanol–water partition coefficient (Wildman–Crippen LogP) is 3.39. The SMILES string of the molecule is O=C(NCC1CCCC1CBr)c1cncc(Br)c1. The third-order valence-corrected chi connectivity index (χ3v) is 4.77. The average molecular weight is 376 g/mol. The van der Waals surface area contributed by atoms with E-state index in [2.05, 4.69) is 42.2 Å². The minimum absolute atomic E-state index is 0.0379. The summed E-state index contributed by atoms with van der Waals surface area (Å²) in [6.45, 7) is 0.765. The third kappa shape index (κ3) is 3.54. The van der Waals surface area contributed by atoms with Crippen LogP contribution in [-0.2, 0) is 0 Å². The van der Waals surface area contributed by atoms with Crippen LogP contribution in [0.3, 0.4) is 0 Å². The Balaban J connectivity index is 1.88. The van der Waals surface area contributed by atoms with Gasteiger partial charge in [-0.05, 0) is 46.7 Å². The molecule has 1 N–H and O–H groups in total. The number of alkyl halides is 1. The molecule has 0 spiro atoms. The number of nitrogens with zero attached hydrogens (tertiary/aromatic N) is 1. The molecular formula is C13H16Br2N2O. The summed E-state index contributed by atoms with van der Waals surface area (Å²) >= 11 is 6.87. The van der Waals surface area contributed by atoms with E-state index >= 15 is 0 Å². The maximum atomic E-state index is 12.0. The van der Waals surface area contributed by atoms with Gasteiger partial charge in [-0.25, -0.2) is 0 Å².